The summed E-state index contributed by atoms with van der Waals surface area (Å²) in [4.78, 5) is 40.9. The monoisotopic (exact) mass is 427 g/mol. The van der Waals surface area contributed by atoms with E-state index in [2.05, 4.69) is 58.4 Å². The Bertz CT molecular complexity index is 707. The van der Waals surface area contributed by atoms with Gasteiger partial charge < -0.3 is 15.4 Å². The predicted octanol–water partition coefficient (Wildman–Crippen LogP) is 4.05. The molecule has 1 aromatic heterocycles. The van der Waals surface area contributed by atoms with E-state index in [1.807, 2.05) is 6.92 Å². The molecule has 0 fully saturated rings. The van der Waals surface area contributed by atoms with E-state index in [0.29, 0.717) is 18.8 Å². The largest absolute Gasteiger partial charge is 0.453 e. The van der Waals surface area contributed by atoms with Gasteiger partial charge in [0.2, 0.25) is 5.95 Å². The van der Waals surface area contributed by atoms with Crippen LogP contribution in [0.1, 0.15) is 67.4 Å². The highest BCUT2D eigenvalue weighted by Crippen LogP contribution is 2.28. The van der Waals surface area contributed by atoms with Crippen LogP contribution in [0.15, 0.2) is 10.9 Å². The SMILES string of the molecule is CCCC.COC(=O)NCCC(C)(C)CC(C)CNC(=O)Nc1nc(C)cc(=O)[nH]1.[HH]. The lowest BCUT2D eigenvalue weighted by molar-refractivity contribution is 0.167. The Kier molecular flexibility index (Phi) is 13.2. The molecule has 1 unspecified atom stereocenters. The van der Waals surface area contributed by atoms with Gasteiger partial charge in [-0.2, -0.15) is 0 Å². The van der Waals surface area contributed by atoms with Crippen molar-refractivity contribution < 1.29 is 15.8 Å². The third-order valence-corrected chi connectivity index (χ3v) is 4.37. The number of carbonyl (C=O) groups is 2. The average Bonchev–Trinajstić information content (AvgIpc) is 2.65. The minimum atomic E-state index is -0.435. The molecular weight excluding hydrogens is 386 g/mol. The number of urea groups is 1. The summed E-state index contributed by atoms with van der Waals surface area (Å²) < 4.78 is 4.54. The number of H-pyrrole nitrogens is 1. The van der Waals surface area contributed by atoms with Crippen molar-refractivity contribution in [1.82, 2.24) is 20.6 Å². The number of amides is 3. The molecule has 0 radical (unpaired) electrons. The highest BCUT2D eigenvalue weighted by molar-refractivity contribution is 5.87. The second kappa shape index (κ2) is 14.4. The summed E-state index contributed by atoms with van der Waals surface area (Å²) in [6.45, 7) is 13.3. The molecule has 0 bridgehead atoms. The van der Waals surface area contributed by atoms with Gasteiger partial charge in [0.25, 0.3) is 5.56 Å². The number of unbranched alkanes of at least 4 members (excludes halogenated alkanes) is 1. The van der Waals surface area contributed by atoms with Crippen molar-refractivity contribution in [3.63, 3.8) is 0 Å². The summed E-state index contributed by atoms with van der Waals surface area (Å²) in [7, 11) is 1.33. The van der Waals surface area contributed by atoms with Crippen molar-refractivity contribution in [3.05, 3.63) is 22.1 Å². The molecule has 1 aromatic rings. The number of methoxy groups -OCH3 is 1. The first-order chi connectivity index (χ1) is 14.0. The molecule has 9 nitrogen and oxygen atoms in total. The first-order valence-corrected chi connectivity index (χ1v) is 10.5. The lowest BCUT2D eigenvalue weighted by atomic mass is 9.80. The molecule has 0 aliphatic rings. The molecule has 3 amide bonds. The summed E-state index contributed by atoms with van der Waals surface area (Å²) in [6, 6.07) is 0.929. The van der Waals surface area contributed by atoms with Crippen molar-refractivity contribution in [2.24, 2.45) is 11.3 Å². The van der Waals surface area contributed by atoms with Crippen LogP contribution in [0.25, 0.3) is 0 Å². The summed E-state index contributed by atoms with van der Waals surface area (Å²) in [5, 5.41) is 7.96. The van der Waals surface area contributed by atoms with Crippen molar-refractivity contribution >= 4 is 18.1 Å². The topological polar surface area (TPSA) is 125 Å². The van der Waals surface area contributed by atoms with Crippen LogP contribution in [0.3, 0.4) is 0 Å². The summed E-state index contributed by atoms with van der Waals surface area (Å²) >= 11 is 0. The molecule has 1 atom stereocenters. The minimum absolute atomic E-state index is 0. The van der Waals surface area contributed by atoms with Crippen LogP contribution < -0.4 is 21.5 Å². The molecule has 4 N–H and O–H groups in total. The van der Waals surface area contributed by atoms with E-state index in [9.17, 15) is 14.4 Å². The van der Waals surface area contributed by atoms with E-state index in [4.69, 9.17) is 0 Å². The fourth-order valence-corrected chi connectivity index (χ4v) is 2.75. The molecule has 0 aliphatic carbocycles. The van der Waals surface area contributed by atoms with Crippen LogP contribution >= 0.6 is 0 Å². The van der Waals surface area contributed by atoms with E-state index in [1.54, 1.807) is 6.92 Å². The normalized spacial score (nSPS) is 11.6. The van der Waals surface area contributed by atoms with Crippen molar-refractivity contribution in [3.8, 4) is 0 Å². The fourth-order valence-electron chi connectivity index (χ4n) is 2.75. The Hall–Kier alpha value is -2.58. The number of rotatable bonds is 9. The van der Waals surface area contributed by atoms with Gasteiger partial charge in [-0.3, -0.25) is 15.1 Å². The van der Waals surface area contributed by atoms with E-state index < -0.39 is 12.1 Å². The molecule has 0 aliphatic heterocycles. The third-order valence-electron chi connectivity index (χ3n) is 4.37. The van der Waals surface area contributed by atoms with Gasteiger partial charge in [-0.1, -0.05) is 47.5 Å². The molecule has 1 rings (SSSR count). The zero-order valence-corrected chi connectivity index (χ0v) is 19.5. The highest BCUT2D eigenvalue weighted by Gasteiger charge is 2.21. The lowest BCUT2D eigenvalue weighted by Crippen LogP contribution is -2.35. The maximum atomic E-state index is 11.9. The number of nitrogens with zero attached hydrogens (tertiary/aromatic N) is 1. The number of alkyl carbamates (subject to hydrolysis) is 1. The van der Waals surface area contributed by atoms with Gasteiger partial charge in [0, 0.05) is 26.3 Å². The number of hydrogen-bond acceptors (Lipinski definition) is 5. The Morgan fingerprint density at radius 2 is 1.90 bits per heavy atom. The summed E-state index contributed by atoms with van der Waals surface area (Å²) in [6.07, 6.45) is 3.87. The van der Waals surface area contributed by atoms with Gasteiger partial charge in [0.15, 0.2) is 0 Å². The number of aromatic nitrogens is 2. The van der Waals surface area contributed by atoms with Crippen LogP contribution in [0.4, 0.5) is 15.5 Å². The standard InChI is InChI=1S/C17H29N5O4.C4H10.H2/c1-11(9-17(3,4)6-7-18-16(25)26-5)10-19-15(24)22-14-20-12(2)8-13(23)21-14;1-3-4-2;/h8,11H,6-7,9-10H2,1-5H3,(H,18,25)(H3,19,20,21,22,23,24);3-4H2,1-2H3;1H. The van der Waals surface area contributed by atoms with Gasteiger partial charge in [-0.15, -0.1) is 0 Å². The zero-order chi connectivity index (χ0) is 23.2. The number of aromatic amines is 1. The third kappa shape index (κ3) is 13.6. The smallest absolute Gasteiger partial charge is 0.406 e. The Balaban J connectivity index is 0. The minimum Gasteiger partial charge on any atom is -0.453 e. The van der Waals surface area contributed by atoms with Crippen LogP contribution in [0.2, 0.25) is 0 Å². The molecule has 1 heterocycles. The molecule has 0 saturated heterocycles. The van der Waals surface area contributed by atoms with Gasteiger partial charge in [0.1, 0.15) is 0 Å². The maximum absolute atomic E-state index is 11.9. The van der Waals surface area contributed by atoms with Gasteiger partial charge in [-0.25, -0.2) is 14.6 Å². The Morgan fingerprint density at radius 3 is 2.43 bits per heavy atom. The maximum Gasteiger partial charge on any atom is 0.406 e. The Labute approximate surface area is 181 Å². The van der Waals surface area contributed by atoms with Crippen molar-refractivity contribution in [2.75, 3.05) is 25.5 Å². The predicted molar refractivity (Wildman–Crippen MR) is 122 cm³/mol. The quantitative estimate of drug-likeness (QED) is 0.473. The number of carbonyl (C=O) groups excluding carboxylic acids is 2. The fraction of sp³-hybridized carbons (Fsp3) is 0.714. The van der Waals surface area contributed by atoms with Gasteiger partial charge >= 0.3 is 12.1 Å². The molecule has 174 valence electrons. The molecule has 0 aromatic carbocycles. The summed E-state index contributed by atoms with van der Waals surface area (Å²) in [5.74, 6) is 0.354. The first-order valence-electron chi connectivity index (χ1n) is 10.5. The lowest BCUT2D eigenvalue weighted by Gasteiger charge is -2.28. The van der Waals surface area contributed by atoms with Gasteiger partial charge in [0.05, 0.1) is 7.11 Å². The van der Waals surface area contributed by atoms with Crippen LogP contribution in [0, 0.1) is 18.3 Å². The van der Waals surface area contributed by atoms with E-state index in [0.717, 1.165) is 12.8 Å². The average molecular weight is 428 g/mol. The van der Waals surface area contributed by atoms with Crippen LogP contribution in [0.5, 0.6) is 0 Å². The number of aryl methyl sites for hydroxylation is 1. The molecule has 0 spiro atoms. The summed E-state index contributed by atoms with van der Waals surface area (Å²) in [5.41, 5.74) is 0.213. The number of anilines is 1. The van der Waals surface area contributed by atoms with E-state index in [1.165, 1.54) is 26.0 Å². The van der Waals surface area contributed by atoms with Crippen molar-refractivity contribution in [2.45, 2.75) is 67.2 Å². The molecule has 0 saturated carbocycles. The second-order valence-electron chi connectivity index (χ2n) is 8.21. The van der Waals surface area contributed by atoms with E-state index in [-0.39, 0.29) is 24.3 Å². The molecular formula is C21H41N5O4. The van der Waals surface area contributed by atoms with Gasteiger partial charge in [-0.05, 0) is 31.1 Å². The van der Waals surface area contributed by atoms with Crippen LogP contribution in [-0.4, -0.2) is 42.3 Å². The highest BCUT2D eigenvalue weighted by atomic mass is 16.5. The second-order valence-corrected chi connectivity index (χ2v) is 8.21. The number of hydrogen-bond donors (Lipinski definition) is 4. The van der Waals surface area contributed by atoms with E-state index >= 15 is 0 Å². The number of nitrogens with one attached hydrogen (secondary N) is 4. The molecule has 30 heavy (non-hydrogen) atoms. The molecule has 9 heteroatoms. The van der Waals surface area contributed by atoms with Crippen LogP contribution in [-0.2, 0) is 4.74 Å². The zero-order valence-electron chi connectivity index (χ0n) is 19.5. The van der Waals surface area contributed by atoms with Crippen molar-refractivity contribution in [1.29, 1.82) is 0 Å². The first kappa shape index (κ1) is 27.4. The Morgan fingerprint density at radius 1 is 1.27 bits per heavy atom. The number of ether oxygens (including phenoxy) is 1.